The van der Waals surface area contributed by atoms with Gasteiger partial charge in [0.1, 0.15) is 15.5 Å². The molecule has 3 heterocycles. The van der Waals surface area contributed by atoms with Crippen LogP contribution in [-0.4, -0.2) is 28.0 Å². The van der Waals surface area contributed by atoms with Crippen LogP contribution in [0.25, 0.3) is 10.2 Å². The molecule has 0 spiro atoms. The highest BCUT2D eigenvalue weighted by Crippen LogP contribution is 2.29. The van der Waals surface area contributed by atoms with E-state index >= 15 is 0 Å². The third-order valence-electron chi connectivity index (χ3n) is 4.63. The van der Waals surface area contributed by atoms with E-state index in [0.29, 0.717) is 39.4 Å². The Bertz CT molecular complexity index is 1110. The van der Waals surface area contributed by atoms with Gasteiger partial charge < -0.3 is 14.2 Å². The quantitative estimate of drug-likeness (QED) is 0.513. The molecule has 8 heteroatoms. The summed E-state index contributed by atoms with van der Waals surface area (Å²) >= 11 is 1.15. The Balaban J connectivity index is 1.58. The second-order valence-electron chi connectivity index (χ2n) is 6.43. The van der Waals surface area contributed by atoms with Crippen LogP contribution in [0, 0.1) is 6.92 Å². The van der Waals surface area contributed by atoms with Crippen LogP contribution in [-0.2, 0) is 11.8 Å². The Labute approximate surface area is 158 Å². The third-order valence-corrected chi connectivity index (χ3v) is 5.81. The van der Waals surface area contributed by atoms with Crippen molar-refractivity contribution in [2.75, 3.05) is 11.4 Å². The number of hydrogen-bond acceptors (Lipinski definition) is 6. The Kier molecular flexibility index (Phi) is 4.27. The highest BCUT2D eigenvalue weighted by Gasteiger charge is 2.23. The number of aromatic nitrogens is 2. The van der Waals surface area contributed by atoms with Crippen LogP contribution in [0.3, 0.4) is 0 Å². The van der Waals surface area contributed by atoms with E-state index < -0.39 is 5.97 Å². The first-order valence-electron chi connectivity index (χ1n) is 8.53. The number of benzene rings is 1. The number of rotatable bonds is 3. The Morgan fingerprint density at radius 1 is 1.22 bits per heavy atom. The second-order valence-corrected chi connectivity index (χ2v) is 7.43. The zero-order valence-electron chi connectivity index (χ0n) is 14.9. The predicted octanol–water partition coefficient (Wildman–Crippen LogP) is 2.65. The third kappa shape index (κ3) is 3.02. The fourth-order valence-corrected chi connectivity index (χ4v) is 4.19. The Morgan fingerprint density at radius 3 is 2.63 bits per heavy atom. The average molecular weight is 383 g/mol. The largest absolute Gasteiger partial charge is 0.422 e. The molecule has 1 aromatic carbocycles. The standard InChI is InChI=1S/C19H17N3O4S/c1-11-15-17(20-10-21(2)18(15)24)27-16(11)19(25)26-13-7-5-12(6-8-13)22-9-3-4-14(22)23/h5-8,10H,3-4,9H2,1-2H3. The van der Waals surface area contributed by atoms with E-state index in [-0.39, 0.29) is 11.5 Å². The lowest BCUT2D eigenvalue weighted by molar-refractivity contribution is -0.117. The van der Waals surface area contributed by atoms with Gasteiger partial charge in [0.15, 0.2) is 0 Å². The van der Waals surface area contributed by atoms with Crippen LogP contribution in [0.15, 0.2) is 35.4 Å². The zero-order chi connectivity index (χ0) is 19.1. The van der Waals surface area contributed by atoms with Crippen LogP contribution in [0.5, 0.6) is 5.75 Å². The van der Waals surface area contributed by atoms with E-state index in [2.05, 4.69) is 4.98 Å². The summed E-state index contributed by atoms with van der Waals surface area (Å²) in [4.78, 5) is 43.5. The molecule has 3 aromatic rings. The molecule has 138 valence electrons. The molecular weight excluding hydrogens is 366 g/mol. The summed E-state index contributed by atoms with van der Waals surface area (Å²) < 4.78 is 6.84. The molecule has 27 heavy (non-hydrogen) atoms. The van der Waals surface area contributed by atoms with Crippen LogP contribution in [0.4, 0.5) is 5.69 Å². The first kappa shape index (κ1) is 17.4. The van der Waals surface area contributed by atoms with E-state index in [9.17, 15) is 14.4 Å². The number of carbonyl (C=O) groups excluding carboxylic acids is 2. The summed E-state index contributed by atoms with van der Waals surface area (Å²) in [6.07, 6.45) is 2.86. The molecule has 0 N–H and O–H groups in total. The van der Waals surface area contributed by atoms with Gasteiger partial charge in [-0.05, 0) is 43.2 Å². The minimum Gasteiger partial charge on any atom is -0.422 e. The number of fused-ring (bicyclic) bond motifs is 1. The van der Waals surface area contributed by atoms with Gasteiger partial charge in [-0.25, -0.2) is 9.78 Å². The number of aryl methyl sites for hydroxylation is 2. The van der Waals surface area contributed by atoms with Gasteiger partial charge in [0.2, 0.25) is 5.91 Å². The van der Waals surface area contributed by atoms with Crippen molar-refractivity contribution in [1.29, 1.82) is 0 Å². The van der Waals surface area contributed by atoms with Crippen molar-refractivity contribution in [3.8, 4) is 5.75 Å². The van der Waals surface area contributed by atoms with E-state index in [1.807, 2.05) is 0 Å². The van der Waals surface area contributed by atoms with Gasteiger partial charge in [0, 0.05) is 25.7 Å². The van der Waals surface area contributed by atoms with Crippen molar-refractivity contribution in [3.05, 3.63) is 51.4 Å². The molecule has 4 rings (SSSR count). The predicted molar refractivity (Wildman–Crippen MR) is 103 cm³/mol. The van der Waals surface area contributed by atoms with Crippen LogP contribution < -0.4 is 15.2 Å². The molecule has 1 amide bonds. The molecule has 7 nitrogen and oxygen atoms in total. The number of esters is 1. The van der Waals surface area contributed by atoms with Gasteiger partial charge in [-0.15, -0.1) is 11.3 Å². The topological polar surface area (TPSA) is 81.5 Å². The SMILES string of the molecule is Cc1c(C(=O)Oc2ccc(N3CCCC3=O)cc2)sc2ncn(C)c(=O)c12. The summed E-state index contributed by atoms with van der Waals surface area (Å²) in [5.74, 6) is -0.0367. The summed E-state index contributed by atoms with van der Waals surface area (Å²) in [5.41, 5.74) is 1.18. The maximum Gasteiger partial charge on any atom is 0.354 e. The van der Waals surface area contributed by atoms with Gasteiger partial charge in [-0.3, -0.25) is 9.59 Å². The molecule has 2 aromatic heterocycles. The maximum atomic E-state index is 12.6. The van der Waals surface area contributed by atoms with Crippen LogP contribution >= 0.6 is 11.3 Å². The van der Waals surface area contributed by atoms with Gasteiger partial charge in [0.25, 0.3) is 5.56 Å². The number of anilines is 1. The summed E-state index contributed by atoms with van der Waals surface area (Å²) in [6.45, 7) is 2.43. The minimum atomic E-state index is -0.525. The minimum absolute atomic E-state index is 0.106. The second kappa shape index (κ2) is 6.62. The van der Waals surface area contributed by atoms with Crippen molar-refractivity contribution in [2.45, 2.75) is 19.8 Å². The van der Waals surface area contributed by atoms with Crippen LogP contribution in [0.2, 0.25) is 0 Å². The first-order chi connectivity index (χ1) is 13.0. The Hall–Kier alpha value is -3.00. The van der Waals surface area contributed by atoms with Gasteiger partial charge in [0.05, 0.1) is 11.7 Å². The van der Waals surface area contributed by atoms with Crippen molar-refractivity contribution in [2.24, 2.45) is 7.05 Å². The molecule has 0 saturated carbocycles. The Morgan fingerprint density at radius 2 is 1.96 bits per heavy atom. The zero-order valence-corrected chi connectivity index (χ0v) is 15.7. The number of nitrogens with zero attached hydrogens (tertiary/aromatic N) is 3. The molecule has 0 bridgehead atoms. The van der Waals surface area contributed by atoms with E-state index in [1.165, 1.54) is 10.9 Å². The van der Waals surface area contributed by atoms with E-state index in [0.717, 1.165) is 23.4 Å². The number of thiophene rings is 1. The molecule has 1 fully saturated rings. The monoisotopic (exact) mass is 383 g/mol. The summed E-state index contributed by atoms with van der Waals surface area (Å²) in [6, 6.07) is 6.86. The molecule has 1 aliphatic rings. The fourth-order valence-electron chi connectivity index (χ4n) is 3.17. The number of carbonyl (C=O) groups is 2. The fraction of sp³-hybridized carbons (Fsp3) is 0.263. The summed E-state index contributed by atoms with van der Waals surface area (Å²) in [7, 11) is 1.62. The van der Waals surface area contributed by atoms with Crippen molar-refractivity contribution in [1.82, 2.24) is 9.55 Å². The number of ether oxygens (including phenoxy) is 1. The normalized spacial score (nSPS) is 14.1. The van der Waals surface area contributed by atoms with Crippen LogP contribution in [0.1, 0.15) is 28.1 Å². The number of hydrogen-bond donors (Lipinski definition) is 0. The lowest BCUT2D eigenvalue weighted by atomic mass is 10.2. The first-order valence-corrected chi connectivity index (χ1v) is 9.34. The molecule has 0 radical (unpaired) electrons. The van der Waals surface area contributed by atoms with E-state index in [1.54, 1.807) is 43.1 Å². The summed E-state index contributed by atoms with van der Waals surface area (Å²) in [5, 5.41) is 0.444. The number of amides is 1. The molecular formula is C19H17N3O4S. The maximum absolute atomic E-state index is 12.6. The van der Waals surface area contributed by atoms with Crippen molar-refractivity contribution < 1.29 is 14.3 Å². The lowest BCUT2D eigenvalue weighted by Crippen LogP contribution is -2.23. The highest BCUT2D eigenvalue weighted by molar-refractivity contribution is 7.20. The van der Waals surface area contributed by atoms with E-state index in [4.69, 9.17) is 4.74 Å². The molecule has 0 aliphatic carbocycles. The lowest BCUT2D eigenvalue weighted by Gasteiger charge is -2.15. The average Bonchev–Trinajstić information content (AvgIpc) is 3.23. The van der Waals surface area contributed by atoms with Gasteiger partial charge in [-0.2, -0.15) is 0 Å². The molecule has 1 aliphatic heterocycles. The van der Waals surface area contributed by atoms with Crippen molar-refractivity contribution >= 4 is 39.1 Å². The van der Waals surface area contributed by atoms with Gasteiger partial charge >= 0.3 is 5.97 Å². The smallest absolute Gasteiger partial charge is 0.354 e. The molecule has 0 unspecified atom stereocenters. The molecule has 1 saturated heterocycles. The van der Waals surface area contributed by atoms with Crippen molar-refractivity contribution in [3.63, 3.8) is 0 Å². The van der Waals surface area contributed by atoms with Gasteiger partial charge in [-0.1, -0.05) is 0 Å². The molecule has 0 atom stereocenters. The highest BCUT2D eigenvalue weighted by atomic mass is 32.1.